The first kappa shape index (κ1) is 13.5. The molecule has 0 aliphatic rings. The largest absolute Gasteiger partial charge is 0.496 e. The lowest BCUT2D eigenvalue weighted by Gasteiger charge is -2.10. The number of nitrogens with zero attached hydrogens (tertiary/aromatic N) is 2. The Balaban J connectivity index is 3.03. The molecule has 6 heteroatoms. The molecule has 94 valence electrons. The lowest BCUT2D eigenvalue weighted by molar-refractivity contribution is 0.411. The van der Waals surface area contributed by atoms with Crippen LogP contribution in [0.2, 0.25) is 0 Å². The van der Waals surface area contributed by atoms with Gasteiger partial charge in [0.15, 0.2) is 5.84 Å². The van der Waals surface area contributed by atoms with Gasteiger partial charge in [0.1, 0.15) is 11.8 Å². The molecule has 0 heterocycles. The molecular weight excluding hydrogens is 230 g/mol. The lowest BCUT2D eigenvalue weighted by atomic mass is 10.1. The summed E-state index contributed by atoms with van der Waals surface area (Å²) in [6, 6.07) is 5.46. The topological polar surface area (TPSA) is 107 Å². The summed E-state index contributed by atoms with van der Waals surface area (Å²) in [7, 11) is 1.61. The zero-order chi connectivity index (χ0) is 13.7. The van der Waals surface area contributed by atoms with E-state index in [0.29, 0.717) is 0 Å². The number of nitriles is 1. The Morgan fingerprint density at radius 2 is 2.11 bits per heavy atom. The molecule has 1 rings (SSSR count). The van der Waals surface area contributed by atoms with Gasteiger partial charge in [0.2, 0.25) is 5.71 Å². The van der Waals surface area contributed by atoms with Gasteiger partial charge in [0, 0.05) is 0 Å². The quantitative estimate of drug-likeness (QED) is 0.425. The molecule has 1 aromatic carbocycles. The molecule has 0 fully saturated rings. The molecule has 6 nitrogen and oxygen atoms in total. The van der Waals surface area contributed by atoms with Crippen molar-refractivity contribution in [2.45, 2.75) is 13.8 Å². The zero-order valence-electron chi connectivity index (χ0n) is 10.5. The third-order valence-corrected chi connectivity index (χ3v) is 2.39. The van der Waals surface area contributed by atoms with E-state index in [1.54, 1.807) is 13.2 Å². The third-order valence-electron chi connectivity index (χ3n) is 2.39. The average Bonchev–Trinajstić information content (AvgIpc) is 2.33. The summed E-state index contributed by atoms with van der Waals surface area (Å²) in [5.41, 5.74) is 10.4. The van der Waals surface area contributed by atoms with E-state index in [2.05, 4.69) is 10.5 Å². The lowest BCUT2D eigenvalue weighted by Crippen LogP contribution is -2.22. The molecule has 0 unspecified atom stereocenters. The number of aryl methyl sites for hydroxylation is 2. The molecule has 4 N–H and O–H groups in total. The molecule has 0 spiro atoms. The van der Waals surface area contributed by atoms with E-state index in [-0.39, 0.29) is 11.5 Å². The van der Waals surface area contributed by atoms with Crippen molar-refractivity contribution in [1.29, 1.82) is 10.7 Å². The number of hydrogen-bond donors (Lipinski definition) is 3. The number of ether oxygens (including phenoxy) is 1. The maximum absolute atomic E-state index is 8.72. The van der Waals surface area contributed by atoms with Crippen LogP contribution in [0.4, 0.5) is 5.69 Å². The van der Waals surface area contributed by atoms with Gasteiger partial charge in [-0.05, 0) is 37.1 Å². The predicted octanol–water partition coefficient (Wildman–Crippen LogP) is 1.54. The number of rotatable bonds is 4. The van der Waals surface area contributed by atoms with Crippen LogP contribution in [0.3, 0.4) is 0 Å². The van der Waals surface area contributed by atoms with E-state index in [4.69, 9.17) is 21.1 Å². The van der Waals surface area contributed by atoms with Crippen molar-refractivity contribution in [3.8, 4) is 11.8 Å². The highest BCUT2D eigenvalue weighted by Crippen LogP contribution is 2.25. The first-order valence-corrected chi connectivity index (χ1v) is 5.23. The summed E-state index contributed by atoms with van der Waals surface area (Å²) in [4.78, 5) is 0. The van der Waals surface area contributed by atoms with E-state index >= 15 is 0 Å². The maximum Gasteiger partial charge on any atom is 0.201 e. The summed E-state index contributed by atoms with van der Waals surface area (Å²) in [5, 5.41) is 19.6. The summed E-state index contributed by atoms with van der Waals surface area (Å²) in [5.74, 6) is 0.419. The SMILES string of the molecule is COc1cc(C)c(N/N=C(\C#N)C(=N)N)cc1C. The molecule has 0 aliphatic carbocycles. The Bertz CT molecular complexity index is 542. The van der Waals surface area contributed by atoms with Crippen molar-refractivity contribution in [2.24, 2.45) is 10.8 Å². The van der Waals surface area contributed by atoms with E-state index in [1.165, 1.54) is 0 Å². The fourth-order valence-electron chi connectivity index (χ4n) is 1.39. The van der Waals surface area contributed by atoms with Crippen LogP contribution in [0.1, 0.15) is 11.1 Å². The Labute approximate surface area is 106 Å². The predicted molar refractivity (Wildman–Crippen MR) is 71.1 cm³/mol. The van der Waals surface area contributed by atoms with Gasteiger partial charge < -0.3 is 10.5 Å². The molecule has 1 aromatic rings. The third kappa shape index (κ3) is 2.98. The van der Waals surface area contributed by atoms with Gasteiger partial charge in [0.05, 0.1) is 12.8 Å². The van der Waals surface area contributed by atoms with Crippen LogP contribution in [0.5, 0.6) is 5.75 Å². The Kier molecular flexibility index (Phi) is 4.27. The smallest absolute Gasteiger partial charge is 0.201 e. The van der Waals surface area contributed by atoms with E-state index in [9.17, 15) is 0 Å². The van der Waals surface area contributed by atoms with E-state index < -0.39 is 0 Å². The van der Waals surface area contributed by atoms with Gasteiger partial charge in [-0.2, -0.15) is 10.4 Å². The summed E-state index contributed by atoms with van der Waals surface area (Å²) in [6.45, 7) is 3.79. The van der Waals surface area contributed by atoms with Crippen LogP contribution in [-0.4, -0.2) is 18.7 Å². The number of hydrazone groups is 1. The number of hydrogen-bond acceptors (Lipinski definition) is 5. The number of nitrogens with one attached hydrogen (secondary N) is 2. The molecule has 0 radical (unpaired) electrons. The second-order valence-corrected chi connectivity index (χ2v) is 3.73. The van der Waals surface area contributed by atoms with E-state index in [1.807, 2.05) is 26.0 Å². The summed E-state index contributed by atoms with van der Waals surface area (Å²) >= 11 is 0. The van der Waals surface area contributed by atoms with Gasteiger partial charge in [-0.25, -0.2) is 0 Å². The van der Waals surface area contributed by atoms with Gasteiger partial charge >= 0.3 is 0 Å². The normalized spacial score (nSPS) is 10.7. The first-order chi connectivity index (χ1) is 8.49. The second-order valence-electron chi connectivity index (χ2n) is 3.73. The van der Waals surface area contributed by atoms with Crippen LogP contribution in [0.15, 0.2) is 17.2 Å². The van der Waals surface area contributed by atoms with Crippen molar-refractivity contribution in [3.05, 3.63) is 23.3 Å². The Morgan fingerprint density at radius 3 is 2.61 bits per heavy atom. The van der Waals surface area contributed by atoms with Gasteiger partial charge in [-0.15, -0.1) is 0 Å². The van der Waals surface area contributed by atoms with Gasteiger partial charge in [-0.1, -0.05) is 0 Å². The molecule has 0 bridgehead atoms. The maximum atomic E-state index is 8.72. The number of nitrogens with two attached hydrogens (primary N) is 1. The fourth-order valence-corrected chi connectivity index (χ4v) is 1.39. The first-order valence-electron chi connectivity index (χ1n) is 5.23. The Morgan fingerprint density at radius 1 is 1.44 bits per heavy atom. The minimum atomic E-state index is -0.368. The highest BCUT2D eigenvalue weighted by atomic mass is 16.5. The molecular formula is C12H15N5O. The molecule has 0 aromatic heterocycles. The molecule has 0 saturated heterocycles. The van der Waals surface area contributed by atoms with Crippen LogP contribution < -0.4 is 15.9 Å². The monoisotopic (exact) mass is 245 g/mol. The van der Waals surface area contributed by atoms with Crippen LogP contribution in [-0.2, 0) is 0 Å². The summed E-state index contributed by atoms with van der Waals surface area (Å²) in [6.07, 6.45) is 0. The summed E-state index contributed by atoms with van der Waals surface area (Å²) < 4.78 is 5.20. The van der Waals surface area contributed by atoms with Gasteiger partial charge in [0.25, 0.3) is 0 Å². The molecule has 0 aliphatic heterocycles. The minimum absolute atomic E-state index is 0.150. The van der Waals surface area contributed by atoms with Crippen LogP contribution in [0.25, 0.3) is 0 Å². The average molecular weight is 245 g/mol. The number of amidine groups is 1. The molecule has 0 saturated carbocycles. The number of anilines is 1. The number of benzene rings is 1. The fraction of sp³-hybridized carbons (Fsp3) is 0.250. The second kappa shape index (κ2) is 5.68. The number of methoxy groups -OCH3 is 1. The highest BCUT2D eigenvalue weighted by molar-refractivity contribution is 6.45. The van der Waals surface area contributed by atoms with E-state index in [0.717, 1.165) is 22.6 Å². The van der Waals surface area contributed by atoms with Crippen LogP contribution in [0, 0.1) is 30.6 Å². The van der Waals surface area contributed by atoms with Crippen LogP contribution >= 0.6 is 0 Å². The molecule has 0 atom stereocenters. The van der Waals surface area contributed by atoms with Crippen molar-refractivity contribution >= 4 is 17.2 Å². The Hall–Kier alpha value is -2.55. The van der Waals surface area contributed by atoms with Crippen molar-refractivity contribution in [3.63, 3.8) is 0 Å². The zero-order valence-corrected chi connectivity index (χ0v) is 10.5. The van der Waals surface area contributed by atoms with Gasteiger partial charge in [-0.3, -0.25) is 10.8 Å². The standard InChI is InChI=1S/C12H15N5O/c1-7-5-11(18-3)8(2)4-9(7)16-17-10(6-13)12(14)15/h4-5,16H,1-3H3,(H3,14,15)/b17-10+. The highest BCUT2D eigenvalue weighted by Gasteiger charge is 2.05. The van der Waals surface area contributed by atoms with Crippen molar-refractivity contribution in [2.75, 3.05) is 12.5 Å². The molecule has 18 heavy (non-hydrogen) atoms. The van der Waals surface area contributed by atoms with Crippen molar-refractivity contribution < 1.29 is 4.74 Å². The van der Waals surface area contributed by atoms with Crippen molar-refractivity contribution in [1.82, 2.24) is 0 Å². The minimum Gasteiger partial charge on any atom is -0.496 e. The molecule has 0 amide bonds.